The van der Waals surface area contributed by atoms with Gasteiger partial charge < -0.3 is 19.7 Å². The lowest BCUT2D eigenvalue weighted by Gasteiger charge is -2.34. The van der Waals surface area contributed by atoms with Crippen molar-refractivity contribution in [1.29, 1.82) is 0 Å². The molecule has 0 saturated heterocycles. The Hall–Kier alpha value is -4.05. The van der Waals surface area contributed by atoms with Crippen LogP contribution in [0.1, 0.15) is 57.9 Å². The second-order valence-electron chi connectivity index (χ2n) is 10.9. The number of carbonyl (C=O) groups excluding carboxylic acids is 2. The highest BCUT2D eigenvalue weighted by Gasteiger charge is 2.35. The lowest BCUT2D eigenvalue weighted by Crippen LogP contribution is -2.54. The van der Waals surface area contributed by atoms with Gasteiger partial charge in [-0.25, -0.2) is 8.42 Å². The van der Waals surface area contributed by atoms with E-state index in [1.165, 1.54) is 17.0 Å². The van der Waals surface area contributed by atoms with E-state index in [1.807, 2.05) is 38.1 Å². The molecule has 0 aliphatic heterocycles. The monoisotopic (exact) mass is 621 g/mol. The van der Waals surface area contributed by atoms with Crippen molar-refractivity contribution in [2.24, 2.45) is 0 Å². The van der Waals surface area contributed by atoms with Crippen molar-refractivity contribution < 1.29 is 27.5 Å². The van der Waals surface area contributed by atoms with E-state index in [-0.39, 0.29) is 29.1 Å². The van der Waals surface area contributed by atoms with Crippen LogP contribution >= 0.6 is 0 Å². The SMILES string of the molecule is CCOc1ccccc1N(CC(=O)N(Cc1cccc(OC)c1)C(CC)C(=O)NC1CCCCC1)S(=O)(=O)c1ccccc1. The number of rotatable bonds is 14. The molecule has 3 aromatic rings. The lowest BCUT2D eigenvalue weighted by molar-refractivity contribution is -0.140. The van der Waals surface area contributed by atoms with Gasteiger partial charge in [-0.2, -0.15) is 0 Å². The topological polar surface area (TPSA) is 105 Å². The number of para-hydroxylation sites is 2. The first-order chi connectivity index (χ1) is 21.3. The van der Waals surface area contributed by atoms with Gasteiger partial charge in [0.25, 0.3) is 10.0 Å². The summed E-state index contributed by atoms with van der Waals surface area (Å²) < 4.78 is 40.5. The van der Waals surface area contributed by atoms with Crippen molar-refractivity contribution in [3.63, 3.8) is 0 Å². The normalized spacial score (nSPS) is 14.3. The molecule has 1 atom stereocenters. The van der Waals surface area contributed by atoms with Gasteiger partial charge in [-0.1, -0.05) is 68.7 Å². The molecule has 236 valence electrons. The van der Waals surface area contributed by atoms with Crippen LogP contribution in [0.15, 0.2) is 83.8 Å². The number of methoxy groups -OCH3 is 1. The number of hydrogen-bond acceptors (Lipinski definition) is 6. The first kappa shape index (κ1) is 32.9. The zero-order valence-corrected chi connectivity index (χ0v) is 26.6. The van der Waals surface area contributed by atoms with Crippen molar-refractivity contribution >= 4 is 27.5 Å². The summed E-state index contributed by atoms with van der Waals surface area (Å²) in [6, 6.07) is 21.3. The smallest absolute Gasteiger partial charge is 0.264 e. The summed E-state index contributed by atoms with van der Waals surface area (Å²) in [5.41, 5.74) is 1.00. The van der Waals surface area contributed by atoms with Crippen LogP contribution in [0.5, 0.6) is 11.5 Å². The Balaban J connectivity index is 1.74. The molecule has 9 nitrogen and oxygen atoms in total. The predicted octanol–water partition coefficient (Wildman–Crippen LogP) is 5.55. The molecular formula is C34H43N3O6S. The highest BCUT2D eigenvalue weighted by atomic mass is 32.2. The Labute approximate surface area is 261 Å². The molecule has 44 heavy (non-hydrogen) atoms. The third kappa shape index (κ3) is 8.11. The minimum absolute atomic E-state index is 0.0422. The van der Waals surface area contributed by atoms with E-state index in [0.717, 1.165) is 42.0 Å². The number of ether oxygens (including phenoxy) is 2. The third-order valence-electron chi connectivity index (χ3n) is 7.87. The lowest BCUT2D eigenvalue weighted by atomic mass is 9.95. The van der Waals surface area contributed by atoms with Gasteiger partial charge in [0.1, 0.15) is 24.1 Å². The van der Waals surface area contributed by atoms with Crippen LogP contribution in [-0.2, 0) is 26.2 Å². The van der Waals surface area contributed by atoms with E-state index in [0.29, 0.717) is 24.5 Å². The van der Waals surface area contributed by atoms with Gasteiger partial charge in [-0.3, -0.25) is 13.9 Å². The van der Waals surface area contributed by atoms with Gasteiger partial charge in [0, 0.05) is 12.6 Å². The number of amides is 2. The molecule has 1 aliphatic carbocycles. The second kappa shape index (κ2) is 15.6. The zero-order chi connectivity index (χ0) is 31.5. The third-order valence-corrected chi connectivity index (χ3v) is 9.64. The minimum atomic E-state index is -4.20. The molecule has 1 saturated carbocycles. The van der Waals surface area contributed by atoms with Gasteiger partial charge in [-0.15, -0.1) is 0 Å². The molecule has 3 aromatic carbocycles. The summed E-state index contributed by atoms with van der Waals surface area (Å²) in [5, 5.41) is 3.17. The Morgan fingerprint density at radius 1 is 0.932 bits per heavy atom. The van der Waals surface area contributed by atoms with E-state index in [1.54, 1.807) is 49.6 Å². The maximum atomic E-state index is 14.4. The van der Waals surface area contributed by atoms with Crippen LogP contribution in [-0.4, -0.2) is 57.5 Å². The quantitative estimate of drug-likeness (QED) is 0.253. The fraction of sp³-hybridized carbons (Fsp3) is 0.412. The standard InChI is InChI=1S/C34H43N3O6S/c1-4-30(34(39)35-27-16-8-6-9-17-27)36(24-26-15-14-18-28(23-26)42-3)33(38)25-37(31-21-12-13-22-32(31)43-5-2)44(40,41)29-19-10-7-11-20-29/h7,10-15,18-23,27,30H,4-6,8-9,16-17,24-25H2,1-3H3,(H,35,39). The summed E-state index contributed by atoms with van der Waals surface area (Å²) >= 11 is 0. The number of anilines is 1. The molecular weight excluding hydrogens is 578 g/mol. The highest BCUT2D eigenvalue weighted by Crippen LogP contribution is 2.33. The van der Waals surface area contributed by atoms with E-state index in [9.17, 15) is 18.0 Å². The second-order valence-corrected chi connectivity index (χ2v) is 12.7. The Bertz CT molecular complexity index is 1490. The summed E-state index contributed by atoms with van der Waals surface area (Å²) in [6.45, 7) is 3.55. The number of sulfonamides is 1. The Morgan fingerprint density at radius 3 is 2.32 bits per heavy atom. The highest BCUT2D eigenvalue weighted by molar-refractivity contribution is 7.92. The van der Waals surface area contributed by atoms with Crippen LogP contribution in [0.2, 0.25) is 0 Å². The fourth-order valence-electron chi connectivity index (χ4n) is 5.61. The number of nitrogens with zero attached hydrogens (tertiary/aromatic N) is 2. The Morgan fingerprint density at radius 2 is 1.64 bits per heavy atom. The average Bonchev–Trinajstić information content (AvgIpc) is 3.05. The minimum Gasteiger partial charge on any atom is -0.497 e. The molecule has 1 fully saturated rings. The van der Waals surface area contributed by atoms with Gasteiger partial charge in [0.2, 0.25) is 11.8 Å². The van der Waals surface area contributed by atoms with Crippen molar-refractivity contribution in [3.05, 3.63) is 84.4 Å². The molecule has 4 rings (SSSR count). The predicted molar refractivity (Wildman–Crippen MR) is 171 cm³/mol. The van der Waals surface area contributed by atoms with Gasteiger partial charge in [0.05, 0.1) is 24.3 Å². The molecule has 1 aliphatic rings. The summed E-state index contributed by atoms with van der Waals surface area (Å²) in [4.78, 5) is 29.7. The maximum Gasteiger partial charge on any atom is 0.264 e. The van der Waals surface area contributed by atoms with Crippen LogP contribution < -0.4 is 19.1 Å². The molecule has 0 bridgehead atoms. The van der Waals surface area contributed by atoms with Gasteiger partial charge >= 0.3 is 0 Å². The molecule has 0 aromatic heterocycles. The molecule has 2 amide bonds. The van der Waals surface area contributed by atoms with E-state index < -0.39 is 28.5 Å². The van der Waals surface area contributed by atoms with Crippen molar-refractivity contribution in [1.82, 2.24) is 10.2 Å². The maximum absolute atomic E-state index is 14.4. The molecule has 10 heteroatoms. The first-order valence-corrected chi connectivity index (χ1v) is 16.7. The van der Waals surface area contributed by atoms with Gasteiger partial charge in [0.15, 0.2) is 0 Å². The molecule has 0 spiro atoms. The van der Waals surface area contributed by atoms with Crippen molar-refractivity contribution in [2.45, 2.75) is 75.9 Å². The van der Waals surface area contributed by atoms with Gasteiger partial charge in [-0.05, 0) is 68.1 Å². The number of hydrogen-bond donors (Lipinski definition) is 1. The largest absolute Gasteiger partial charge is 0.497 e. The molecule has 1 unspecified atom stereocenters. The first-order valence-electron chi connectivity index (χ1n) is 15.3. The Kier molecular flexibility index (Phi) is 11.7. The van der Waals surface area contributed by atoms with Crippen LogP contribution in [0.3, 0.4) is 0 Å². The van der Waals surface area contributed by atoms with Crippen LogP contribution in [0.4, 0.5) is 5.69 Å². The van der Waals surface area contributed by atoms with E-state index >= 15 is 0 Å². The fourth-order valence-corrected chi connectivity index (χ4v) is 7.05. The average molecular weight is 622 g/mol. The van der Waals surface area contributed by atoms with E-state index in [2.05, 4.69) is 5.32 Å². The number of nitrogens with one attached hydrogen (secondary N) is 1. The molecule has 0 heterocycles. The number of benzene rings is 3. The number of carbonyl (C=O) groups is 2. The molecule has 0 radical (unpaired) electrons. The van der Waals surface area contributed by atoms with E-state index in [4.69, 9.17) is 9.47 Å². The van der Waals surface area contributed by atoms with Crippen LogP contribution in [0, 0.1) is 0 Å². The summed E-state index contributed by atoms with van der Waals surface area (Å²) in [5.74, 6) is 0.212. The summed E-state index contributed by atoms with van der Waals surface area (Å²) in [6.07, 6.45) is 5.43. The summed E-state index contributed by atoms with van der Waals surface area (Å²) in [7, 11) is -2.63. The van der Waals surface area contributed by atoms with Crippen molar-refractivity contribution in [2.75, 3.05) is 24.6 Å². The zero-order valence-electron chi connectivity index (χ0n) is 25.8. The van der Waals surface area contributed by atoms with Crippen molar-refractivity contribution in [3.8, 4) is 11.5 Å². The van der Waals surface area contributed by atoms with Crippen LogP contribution in [0.25, 0.3) is 0 Å². The molecule has 1 N–H and O–H groups in total.